The molecular formula is C18H20N4. The fraction of sp³-hybridized carbons (Fsp3) is 0.222. The van der Waals surface area contributed by atoms with E-state index in [0.717, 1.165) is 23.8 Å². The van der Waals surface area contributed by atoms with Crippen molar-refractivity contribution in [3.8, 4) is 5.69 Å². The molecule has 3 aromatic rings. The number of hydrogen-bond acceptors (Lipinski definition) is 3. The van der Waals surface area contributed by atoms with Gasteiger partial charge in [-0.05, 0) is 43.5 Å². The Hall–Kier alpha value is -2.46. The van der Waals surface area contributed by atoms with Crippen LogP contribution in [0.4, 0.5) is 0 Å². The van der Waals surface area contributed by atoms with E-state index in [-0.39, 0.29) is 6.04 Å². The van der Waals surface area contributed by atoms with Crippen LogP contribution in [0.1, 0.15) is 28.8 Å². The van der Waals surface area contributed by atoms with Crippen LogP contribution >= 0.6 is 0 Å². The van der Waals surface area contributed by atoms with Crippen LogP contribution in [-0.2, 0) is 6.42 Å². The highest BCUT2D eigenvalue weighted by Gasteiger charge is 2.17. The summed E-state index contributed by atoms with van der Waals surface area (Å²) in [5.41, 5.74) is 9.78. The Bertz CT molecular complexity index is 762. The first-order chi connectivity index (χ1) is 10.6. The van der Waals surface area contributed by atoms with Crippen LogP contribution in [0.25, 0.3) is 5.69 Å². The molecule has 0 aliphatic rings. The van der Waals surface area contributed by atoms with Gasteiger partial charge in [0.15, 0.2) is 0 Å². The summed E-state index contributed by atoms with van der Waals surface area (Å²) in [6.45, 7) is 3.96. The van der Waals surface area contributed by atoms with Gasteiger partial charge in [-0.2, -0.15) is 5.10 Å². The molecule has 0 saturated heterocycles. The van der Waals surface area contributed by atoms with E-state index in [0.29, 0.717) is 0 Å². The average Bonchev–Trinajstić information content (AvgIpc) is 2.90. The maximum atomic E-state index is 6.39. The summed E-state index contributed by atoms with van der Waals surface area (Å²) in [5.74, 6) is 1.53. The number of nitrogens with two attached hydrogens (primary N) is 1. The lowest BCUT2D eigenvalue weighted by Gasteiger charge is -2.13. The Morgan fingerprint density at radius 1 is 1.05 bits per heavy atom. The summed E-state index contributed by atoms with van der Waals surface area (Å²) in [4.78, 5) is 4.54. The molecule has 0 unspecified atom stereocenters. The van der Waals surface area contributed by atoms with E-state index in [9.17, 15) is 0 Å². The number of hydrogen-bond donors (Lipinski definition) is 1. The van der Waals surface area contributed by atoms with E-state index in [4.69, 9.17) is 5.73 Å². The van der Waals surface area contributed by atoms with Crippen LogP contribution in [0.15, 0.2) is 54.6 Å². The smallest absolute Gasteiger partial charge is 0.149 e. The molecule has 0 aliphatic carbocycles. The normalized spacial score (nSPS) is 12.3. The molecule has 2 N–H and O–H groups in total. The monoisotopic (exact) mass is 292 g/mol. The Morgan fingerprint density at radius 3 is 2.55 bits per heavy atom. The number of nitrogens with zero attached hydrogens (tertiary/aromatic N) is 3. The zero-order valence-electron chi connectivity index (χ0n) is 12.9. The van der Waals surface area contributed by atoms with Crippen molar-refractivity contribution < 1.29 is 0 Å². The van der Waals surface area contributed by atoms with Gasteiger partial charge in [0.05, 0.1) is 11.7 Å². The van der Waals surface area contributed by atoms with Crippen LogP contribution in [0.3, 0.4) is 0 Å². The minimum atomic E-state index is -0.191. The minimum absolute atomic E-state index is 0.191. The van der Waals surface area contributed by atoms with Crippen molar-refractivity contribution in [1.29, 1.82) is 0 Å². The molecule has 0 radical (unpaired) electrons. The van der Waals surface area contributed by atoms with E-state index in [1.165, 1.54) is 11.1 Å². The van der Waals surface area contributed by atoms with Crippen molar-refractivity contribution in [2.75, 3.05) is 0 Å². The lowest BCUT2D eigenvalue weighted by atomic mass is 10.1. The molecule has 2 aromatic carbocycles. The summed E-state index contributed by atoms with van der Waals surface area (Å²) in [6.07, 6.45) is 0.741. The van der Waals surface area contributed by atoms with E-state index in [1.54, 1.807) is 0 Å². The average molecular weight is 292 g/mol. The summed E-state index contributed by atoms with van der Waals surface area (Å²) in [6, 6.07) is 18.2. The van der Waals surface area contributed by atoms with Crippen molar-refractivity contribution in [2.45, 2.75) is 26.3 Å². The lowest BCUT2D eigenvalue weighted by Crippen LogP contribution is -2.19. The van der Waals surface area contributed by atoms with Crippen molar-refractivity contribution in [2.24, 2.45) is 5.73 Å². The highest BCUT2D eigenvalue weighted by atomic mass is 15.4. The Labute approximate surface area is 130 Å². The molecule has 1 heterocycles. The second kappa shape index (κ2) is 6.12. The highest BCUT2D eigenvalue weighted by molar-refractivity contribution is 5.36. The fourth-order valence-corrected chi connectivity index (χ4v) is 2.58. The van der Waals surface area contributed by atoms with Gasteiger partial charge in [-0.25, -0.2) is 9.67 Å². The molecule has 3 rings (SSSR count). The molecule has 0 amide bonds. The van der Waals surface area contributed by atoms with Crippen molar-refractivity contribution >= 4 is 0 Å². The maximum Gasteiger partial charge on any atom is 0.149 e. The van der Waals surface area contributed by atoms with Crippen molar-refractivity contribution in [3.05, 3.63) is 77.4 Å². The number of aryl methyl sites for hydroxylation is 2. The van der Waals surface area contributed by atoms with Gasteiger partial charge in [0.25, 0.3) is 0 Å². The third kappa shape index (κ3) is 3.07. The fourth-order valence-electron chi connectivity index (χ4n) is 2.58. The second-order valence-corrected chi connectivity index (χ2v) is 5.56. The molecule has 0 spiro atoms. The van der Waals surface area contributed by atoms with Crippen molar-refractivity contribution in [3.63, 3.8) is 0 Å². The van der Waals surface area contributed by atoms with Gasteiger partial charge in [-0.1, -0.05) is 42.5 Å². The van der Waals surface area contributed by atoms with Gasteiger partial charge in [0.2, 0.25) is 0 Å². The zero-order valence-corrected chi connectivity index (χ0v) is 12.9. The van der Waals surface area contributed by atoms with E-state index < -0.39 is 0 Å². The maximum absolute atomic E-state index is 6.39. The van der Waals surface area contributed by atoms with E-state index >= 15 is 0 Å². The SMILES string of the molecule is Cc1cccc(-n2nc(C)nc2[C@@H](N)Cc2ccccc2)c1. The summed E-state index contributed by atoms with van der Waals surface area (Å²) >= 11 is 0. The third-order valence-electron chi connectivity index (χ3n) is 3.61. The first kappa shape index (κ1) is 14.5. The lowest BCUT2D eigenvalue weighted by molar-refractivity contribution is 0.636. The molecule has 1 atom stereocenters. The van der Waals surface area contributed by atoms with E-state index in [2.05, 4.69) is 41.3 Å². The van der Waals surface area contributed by atoms with Crippen LogP contribution in [0.5, 0.6) is 0 Å². The molecular weight excluding hydrogens is 272 g/mol. The molecule has 0 fully saturated rings. The summed E-state index contributed by atoms with van der Waals surface area (Å²) < 4.78 is 1.86. The van der Waals surface area contributed by atoms with Gasteiger partial charge in [-0.15, -0.1) is 0 Å². The first-order valence-corrected chi connectivity index (χ1v) is 7.43. The number of benzene rings is 2. The van der Waals surface area contributed by atoms with Gasteiger partial charge >= 0.3 is 0 Å². The van der Waals surface area contributed by atoms with E-state index in [1.807, 2.05) is 41.9 Å². The quantitative estimate of drug-likeness (QED) is 0.803. The third-order valence-corrected chi connectivity index (χ3v) is 3.61. The van der Waals surface area contributed by atoms with Crippen LogP contribution in [0.2, 0.25) is 0 Å². The molecule has 4 heteroatoms. The van der Waals surface area contributed by atoms with Crippen LogP contribution in [-0.4, -0.2) is 14.8 Å². The van der Waals surface area contributed by atoms with Crippen LogP contribution < -0.4 is 5.73 Å². The minimum Gasteiger partial charge on any atom is -0.321 e. The Kier molecular flexibility index (Phi) is 4.02. The van der Waals surface area contributed by atoms with Gasteiger partial charge in [0.1, 0.15) is 11.6 Å². The number of rotatable bonds is 4. The zero-order chi connectivity index (χ0) is 15.5. The molecule has 1 aromatic heterocycles. The molecule has 0 saturated carbocycles. The number of aromatic nitrogens is 3. The first-order valence-electron chi connectivity index (χ1n) is 7.43. The molecule has 4 nitrogen and oxygen atoms in total. The largest absolute Gasteiger partial charge is 0.321 e. The van der Waals surface area contributed by atoms with Gasteiger partial charge < -0.3 is 5.73 Å². The molecule has 22 heavy (non-hydrogen) atoms. The Balaban J connectivity index is 1.94. The van der Waals surface area contributed by atoms with Crippen molar-refractivity contribution in [1.82, 2.24) is 14.8 Å². The topological polar surface area (TPSA) is 56.7 Å². The molecule has 112 valence electrons. The standard InChI is InChI=1S/C18H20N4/c1-13-7-6-10-16(11-13)22-18(20-14(2)21-22)17(19)12-15-8-4-3-5-9-15/h3-11,17H,12,19H2,1-2H3/t17-/m0/s1. The predicted octanol–water partition coefficient (Wildman–Crippen LogP) is 3.13. The highest BCUT2D eigenvalue weighted by Crippen LogP contribution is 2.19. The van der Waals surface area contributed by atoms with Crippen LogP contribution in [0, 0.1) is 13.8 Å². The van der Waals surface area contributed by atoms with Gasteiger partial charge in [-0.3, -0.25) is 0 Å². The second-order valence-electron chi connectivity index (χ2n) is 5.56. The summed E-state index contributed by atoms with van der Waals surface area (Å²) in [7, 11) is 0. The molecule has 0 bridgehead atoms. The van der Waals surface area contributed by atoms with Gasteiger partial charge in [0, 0.05) is 0 Å². The Morgan fingerprint density at radius 2 is 1.82 bits per heavy atom. The summed E-state index contributed by atoms with van der Waals surface area (Å²) in [5, 5.41) is 4.51. The molecule has 0 aliphatic heterocycles. The predicted molar refractivity (Wildman–Crippen MR) is 87.9 cm³/mol.